The highest BCUT2D eigenvalue weighted by molar-refractivity contribution is 6.04. The lowest BCUT2D eigenvalue weighted by Gasteiger charge is -2.17. The fourth-order valence-corrected chi connectivity index (χ4v) is 2.64. The summed E-state index contributed by atoms with van der Waals surface area (Å²) >= 11 is 0. The lowest BCUT2D eigenvalue weighted by Crippen LogP contribution is -2.33. The van der Waals surface area contributed by atoms with Crippen molar-refractivity contribution in [2.24, 2.45) is 0 Å². The molecule has 0 saturated carbocycles. The predicted molar refractivity (Wildman–Crippen MR) is 88.5 cm³/mol. The van der Waals surface area contributed by atoms with Crippen LogP contribution in [0.15, 0.2) is 29.1 Å². The number of benzene rings is 1. The van der Waals surface area contributed by atoms with Crippen molar-refractivity contribution in [2.45, 2.75) is 25.4 Å². The molecule has 0 unspecified atom stereocenters. The Labute approximate surface area is 142 Å². The summed E-state index contributed by atoms with van der Waals surface area (Å²) in [5.74, 6) is -0.266. The number of amides is 4. The fraction of sp³-hybridized carbons (Fsp3) is 0.312. The van der Waals surface area contributed by atoms with E-state index in [0.717, 1.165) is 0 Å². The van der Waals surface area contributed by atoms with Gasteiger partial charge in [0.15, 0.2) is 0 Å². The summed E-state index contributed by atoms with van der Waals surface area (Å²) in [5.41, 5.74) is 0.305. The summed E-state index contributed by atoms with van der Waals surface area (Å²) in [6.07, 6.45) is 0.301. The van der Waals surface area contributed by atoms with Crippen molar-refractivity contribution in [3.8, 4) is 0 Å². The van der Waals surface area contributed by atoms with Crippen LogP contribution in [0.4, 0.5) is 4.79 Å². The Morgan fingerprint density at radius 2 is 2.00 bits per heavy atom. The van der Waals surface area contributed by atoms with Gasteiger partial charge in [-0.15, -0.1) is 0 Å². The molecule has 1 aromatic carbocycles. The summed E-state index contributed by atoms with van der Waals surface area (Å²) in [5, 5.41) is 5.05. The standard InChI is InChI=1S/C16H17N5O4/c1-21(13(22)7-6-11-15(24)20-16(25)18-11)8-12-17-10-5-3-2-4-9(10)14(23)19-12/h2-5,11H,6-8H2,1H3,(H,17,19,23)(H2,18,20,24,25)/t11-/m1/s1. The quantitative estimate of drug-likeness (QED) is 0.652. The second-order valence-electron chi connectivity index (χ2n) is 5.83. The number of fused-ring (bicyclic) bond motifs is 1. The predicted octanol–water partition coefficient (Wildman–Crippen LogP) is -0.130. The number of carbonyl (C=O) groups is 3. The van der Waals surface area contributed by atoms with Crippen LogP contribution in [0.3, 0.4) is 0 Å². The smallest absolute Gasteiger partial charge is 0.322 e. The molecule has 130 valence electrons. The largest absolute Gasteiger partial charge is 0.338 e. The molecule has 25 heavy (non-hydrogen) atoms. The highest BCUT2D eigenvalue weighted by atomic mass is 16.2. The van der Waals surface area contributed by atoms with Gasteiger partial charge in [0.25, 0.3) is 11.5 Å². The van der Waals surface area contributed by atoms with Crippen molar-refractivity contribution in [1.29, 1.82) is 0 Å². The van der Waals surface area contributed by atoms with Crippen LogP contribution < -0.4 is 16.2 Å². The Balaban J connectivity index is 1.62. The second kappa shape index (κ2) is 6.71. The highest BCUT2D eigenvalue weighted by Gasteiger charge is 2.29. The first kappa shape index (κ1) is 16.6. The number of H-pyrrole nitrogens is 1. The second-order valence-corrected chi connectivity index (χ2v) is 5.83. The number of nitrogens with zero attached hydrogens (tertiary/aromatic N) is 2. The molecule has 9 heteroatoms. The number of imide groups is 1. The third-order valence-corrected chi connectivity index (χ3v) is 3.98. The van der Waals surface area contributed by atoms with Crippen molar-refractivity contribution in [2.75, 3.05) is 7.05 Å². The molecule has 0 aliphatic carbocycles. The minimum Gasteiger partial charge on any atom is -0.338 e. The van der Waals surface area contributed by atoms with E-state index in [2.05, 4.69) is 20.6 Å². The maximum absolute atomic E-state index is 12.2. The zero-order chi connectivity index (χ0) is 18.0. The van der Waals surface area contributed by atoms with E-state index in [9.17, 15) is 19.2 Å². The number of nitrogens with one attached hydrogen (secondary N) is 3. The molecule has 9 nitrogen and oxygen atoms in total. The third-order valence-electron chi connectivity index (χ3n) is 3.98. The summed E-state index contributed by atoms with van der Waals surface area (Å²) in [6.45, 7) is 0.141. The van der Waals surface area contributed by atoms with Gasteiger partial charge >= 0.3 is 6.03 Å². The zero-order valence-corrected chi connectivity index (χ0v) is 13.5. The van der Waals surface area contributed by atoms with Gasteiger partial charge in [0.1, 0.15) is 11.9 Å². The van der Waals surface area contributed by atoms with Gasteiger partial charge < -0.3 is 15.2 Å². The number of rotatable bonds is 5. The molecule has 3 rings (SSSR count). The molecule has 1 aliphatic heterocycles. The number of carbonyl (C=O) groups excluding carboxylic acids is 3. The SMILES string of the molecule is CN(Cc1nc2ccccc2c(=O)[nH]1)C(=O)CC[C@H]1NC(=O)NC1=O. The summed E-state index contributed by atoms with van der Waals surface area (Å²) in [6, 6.07) is 5.72. The van der Waals surface area contributed by atoms with Crippen LogP contribution in [0.25, 0.3) is 10.9 Å². The fourth-order valence-electron chi connectivity index (χ4n) is 2.64. The van der Waals surface area contributed by atoms with E-state index in [1.54, 1.807) is 31.3 Å². The van der Waals surface area contributed by atoms with Crippen molar-refractivity contribution in [3.63, 3.8) is 0 Å². The maximum atomic E-state index is 12.2. The van der Waals surface area contributed by atoms with Crippen LogP contribution in [0.2, 0.25) is 0 Å². The molecule has 2 heterocycles. The van der Waals surface area contributed by atoms with Crippen LogP contribution >= 0.6 is 0 Å². The van der Waals surface area contributed by atoms with Crippen LogP contribution in [0.5, 0.6) is 0 Å². The minimum atomic E-state index is -0.691. The highest BCUT2D eigenvalue weighted by Crippen LogP contribution is 2.09. The average Bonchev–Trinajstić information content (AvgIpc) is 2.90. The number of aromatic amines is 1. The van der Waals surface area contributed by atoms with Crippen molar-refractivity contribution >= 4 is 28.7 Å². The molecule has 1 fully saturated rings. The molecule has 1 aliphatic rings. The van der Waals surface area contributed by atoms with Gasteiger partial charge in [-0.25, -0.2) is 9.78 Å². The average molecular weight is 343 g/mol. The Morgan fingerprint density at radius 1 is 1.24 bits per heavy atom. The summed E-state index contributed by atoms with van der Waals surface area (Å²) in [7, 11) is 1.59. The normalized spacial score (nSPS) is 16.6. The van der Waals surface area contributed by atoms with Crippen molar-refractivity contribution < 1.29 is 14.4 Å². The molecule has 1 aromatic heterocycles. The lowest BCUT2D eigenvalue weighted by molar-refractivity contribution is -0.130. The van der Waals surface area contributed by atoms with E-state index in [-0.39, 0.29) is 30.9 Å². The summed E-state index contributed by atoms with van der Waals surface area (Å²) < 4.78 is 0. The molecule has 1 saturated heterocycles. The van der Waals surface area contributed by atoms with E-state index in [1.807, 2.05) is 0 Å². The Kier molecular flexibility index (Phi) is 4.46. The molecule has 1 atom stereocenters. The first-order valence-corrected chi connectivity index (χ1v) is 7.77. The Morgan fingerprint density at radius 3 is 2.72 bits per heavy atom. The number of hydrogen-bond acceptors (Lipinski definition) is 5. The molecule has 3 N–H and O–H groups in total. The number of aromatic nitrogens is 2. The Hall–Kier alpha value is -3.23. The van der Waals surface area contributed by atoms with Gasteiger partial charge in [0, 0.05) is 13.5 Å². The zero-order valence-electron chi connectivity index (χ0n) is 13.5. The third kappa shape index (κ3) is 3.65. The first-order chi connectivity index (χ1) is 11.9. The van der Waals surface area contributed by atoms with E-state index in [4.69, 9.17) is 0 Å². The number of para-hydroxylation sites is 1. The van der Waals surface area contributed by atoms with Gasteiger partial charge in [0.2, 0.25) is 5.91 Å². The van der Waals surface area contributed by atoms with Gasteiger partial charge in [0.05, 0.1) is 17.4 Å². The minimum absolute atomic E-state index is 0.0900. The van der Waals surface area contributed by atoms with Crippen LogP contribution in [-0.4, -0.2) is 45.8 Å². The molecular weight excluding hydrogens is 326 g/mol. The Bertz CT molecular complexity index is 907. The van der Waals surface area contributed by atoms with Crippen LogP contribution in [0.1, 0.15) is 18.7 Å². The van der Waals surface area contributed by atoms with Gasteiger partial charge in [-0.3, -0.25) is 19.7 Å². The molecular formula is C16H17N5O4. The lowest BCUT2D eigenvalue weighted by atomic mass is 10.1. The van der Waals surface area contributed by atoms with E-state index < -0.39 is 18.0 Å². The van der Waals surface area contributed by atoms with Crippen LogP contribution in [-0.2, 0) is 16.1 Å². The van der Waals surface area contributed by atoms with Crippen LogP contribution in [0, 0.1) is 0 Å². The van der Waals surface area contributed by atoms with Gasteiger partial charge in [-0.1, -0.05) is 12.1 Å². The molecule has 0 radical (unpaired) electrons. The summed E-state index contributed by atoms with van der Waals surface area (Å²) in [4.78, 5) is 55.2. The van der Waals surface area contributed by atoms with Crippen molar-refractivity contribution in [3.05, 3.63) is 40.4 Å². The van der Waals surface area contributed by atoms with E-state index in [0.29, 0.717) is 16.7 Å². The monoisotopic (exact) mass is 343 g/mol. The van der Waals surface area contributed by atoms with Gasteiger partial charge in [-0.05, 0) is 18.6 Å². The molecule has 4 amide bonds. The topological polar surface area (TPSA) is 124 Å². The van der Waals surface area contributed by atoms with Crippen molar-refractivity contribution in [1.82, 2.24) is 25.5 Å². The number of urea groups is 1. The van der Waals surface area contributed by atoms with E-state index >= 15 is 0 Å². The molecule has 0 bridgehead atoms. The first-order valence-electron chi connectivity index (χ1n) is 7.77. The molecule has 0 spiro atoms. The van der Waals surface area contributed by atoms with E-state index in [1.165, 1.54) is 4.90 Å². The maximum Gasteiger partial charge on any atom is 0.322 e. The van der Waals surface area contributed by atoms with Gasteiger partial charge in [-0.2, -0.15) is 0 Å². The molecule has 2 aromatic rings. The number of hydrogen-bond donors (Lipinski definition) is 3.